The summed E-state index contributed by atoms with van der Waals surface area (Å²) in [6.07, 6.45) is 3.89. The average molecular weight is 264 g/mol. The van der Waals surface area contributed by atoms with Crippen molar-refractivity contribution >= 4 is 6.08 Å². The Labute approximate surface area is 112 Å². The van der Waals surface area contributed by atoms with Crippen molar-refractivity contribution in [3.63, 3.8) is 0 Å². The molecule has 1 aromatic carbocycles. The molecule has 3 nitrogen and oxygen atoms in total. The molecule has 2 aliphatic heterocycles. The van der Waals surface area contributed by atoms with Crippen LogP contribution >= 0.6 is 0 Å². The summed E-state index contributed by atoms with van der Waals surface area (Å²) in [4.78, 5) is 0. The predicted molar refractivity (Wildman–Crippen MR) is 69.3 cm³/mol. The molecule has 0 aliphatic carbocycles. The minimum absolute atomic E-state index is 0.0228. The molecule has 102 valence electrons. The van der Waals surface area contributed by atoms with Crippen LogP contribution in [0, 0.1) is 11.7 Å². The second-order valence-corrected chi connectivity index (χ2v) is 5.38. The van der Waals surface area contributed by atoms with E-state index >= 15 is 0 Å². The Morgan fingerprint density at radius 2 is 2.11 bits per heavy atom. The summed E-state index contributed by atoms with van der Waals surface area (Å²) in [5.41, 5.74) is 0.765. The van der Waals surface area contributed by atoms with Crippen molar-refractivity contribution in [2.45, 2.75) is 25.7 Å². The molecule has 1 aromatic rings. The van der Waals surface area contributed by atoms with Gasteiger partial charge in [-0.15, -0.1) is 0 Å². The molecule has 2 atom stereocenters. The lowest BCUT2D eigenvalue weighted by atomic mass is 10.0. The molecule has 0 saturated carbocycles. The van der Waals surface area contributed by atoms with Crippen LogP contribution in [0.15, 0.2) is 24.3 Å². The van der Waals surface area contributed by atoms with E-state index in [1.165, 1.54) is 12.1 Å². The van der Waals surface area contributed by atoms with E-state index in [1.807, 2.05) is 26.0 Å². The fraction of sp³-hybridized carbons (Fsp3) is 0.467. The third kappa shape index (κ3) is 2.65. The third-order valence-electron chi connectivity index (χ3n) is 3.43. The zero-order valence-electron chi connectivity index (χ0n) is 11.1. The SMILES string of the molecule is CC1(C)OC[C@@H](C2C=Cc3cc(F)ccc3OC2)O1. The topological polar surface area (TPSA) is 27.7 Å². The zero-order chi connectivity index (χ0) is 13.5. The van der Waals surface area contributed by atoms with Gasteiger partial charge in [-0.1, -0.05) is 12.2 Å². The first-order valence-corrected chi connectivity index (χ1v) is 6.46. The fourth-order valence-electron chi connectivity index (χ4n) is 2.41. The summed E-state index contributed by atoms with van der Waals surface area (Å²) < 4.78 is 30.3. The van der Waals surface area contributed by atoms with Crippen molar-refractivity contribution in [2.75, 3.05) is 13.2 Å². The molecule has 3 rings (SSSR count). The van der Waals surface area contributed by atoms with Gasteiger partial charge in [0, 0.05) is 11.5 Å². The Morgan fingerprint density at radius 1 is 1.26 bits per heavy atom. The number of hydrogen-bond acceptors (Lipinski definition) is 3. The highest BCUT2D eigenvalue weighted by Crippen LogP contribution is 2.31. The first kappa shape index (κ1) is 12.6. The van der Waals surface area contributed by atoms with E-state index in [0.717, 1.165) is 5.56 Å². The van der Waals surface area contributed by atoms with Crippen LogP contribution in [-0.2, 0) is 9.47 Å². The molecule has 19 heavy (non-hydrogen) atoms. The average Bonchev–Trinajstić information content (AvgIpc) is 2.60. The van der Waals surface area contributed by atoms with Gasteiger partial charge in [0.15, 0.2) is 5.79 Å². The maximum absolute atomic E-state index is 13.2. The molecule has 2 heterocycles. The van der Waals surface area contributed by atoms with Crippen molar-refractivity contribution in [3.8, 4) is 5.75 Å². The molecule has 0 spiro atoms. The summed E-state index contributed by atoms with van der Waals surface area (Å²) in [7, 11) is 0. The second kappa shape index (κ2) is 4.62. The molecule has 1 saturated heterocycles. The number of hydrogen-bond donors (Lipinski definition) is 0. The molecule has 1 fully saturated rings. The van der Waals surface area contributed by atoms with Crippen LogP contribution in [0.1, 0.15) is 19.4 Å². The van der Waals surface area contributed by atoms with Gasteiger partial charge in [-0.2, -0.15) is 0 Å². The van der Waals surface area contributed by atoms with Gasteiger partial charge in [0.2, 0.25) is 0 Å². The molecule has 2 aliphatic rings. The Bertz CT molecular complexity index is 510. The van der Waals surface area contributed by atoms with Gasteiger partial charge in [0.1, 0.15) is 11.6 Å². The highest BCUT2D eigenvalue weighted by Gasteiger charge is 2.37. The van der Waals surface area contributed by atoms with Crippen molar-refractivity contribution in [2.24, 2.45) is 5.92 Å². The van der Waals surface area contributed by atoms with Crippen molar-refractivity contribution in [1.29, 1.82) is 0 Å². The van der Waals surface area contributed by atoms with Crippen LogP contribution in [0.2, 0.25) is 0 Å². The number of benzene rings is 1. The molecule has 0 bridgehead atoms. The van der Waals surface area contributed by atoms with Crippen LogP contribution in [-0.4, -0.2) is 25.1 Å². The van der Waals surface area contributed by atoms with Crippen LogP contribution in [0.25, 0.3) is 6.08 Å². The van der Waals surface area contributed by atoms with Crippen molar-refractivity contribution in [3.05, 3.63) is 35.7 Å². The number of halogens is 1. The molecule has 0 radical (unpaired) electrons. The van der Waals surface area contributed by atoms with Gasteiger partial charge in [0.05, 0.1) is 19.3 Å². The largest absolute Gasteiger partial charge is 0.492 e. The van der Waals surface area contributed by atoms with E-state index in [1.54, 1.807) is 6.07 Å². The number of rotatable bonds is 1. The molecule has 0 amide bonds. The first-order chi connectivity index (χ1) is 9.03. The molecule has 0 N–H and O–H groups in total. The Balaban J connectivity index is 1.77. The minimum atomic E-state index is -0.538. The summed E-state index contributed by atoms with van der Waals surface area (Å²) in [5, 5.41) is 0. The van der Waals surface area contributed by atoms with E-state index in [-0.39, 0.29) is 17.8 Å². The van der Waals surface area contributed by atoms with Gasteiger partial charge in [-0.25, -0.2) is 4.39 Å². The smallest absolute Gasteiger partial charge is 0.163 e. The van der Waals surface area contributed by atoms with E-state index in [4.69, 9.17) is 14.2 Å². The zero-order valence-corrected chi connectivity index (χ0v) is 11.1. The quantitative estimate of drug-likeness (QED) is 0.780. The third-order valence-corrected chi connectivity index (χ3v) is 3.43. The lowest BCUT2D eigenvalue weighted by Crippen LogP contribution is -2.29. The lowest BCUT2D eigenvalue weighted by molar-refractivity contribution is -0.143. The highest BCUT2D eigenvalue weighted by atomic mass is 19.1. The van der Waals surface area contributed by atoms with E-state index < -0.39 is 5.79 Å². The van der Waals surface area contributed by atoms with Gasteiger partial charge in [0.25, 0.3) is 0 Å². The Kier molecular flexibility index (Phi) is 3.07. The van der Waals surface area contributed by atoms with Gasteiger partial charge in [-0.3, -0.25) is 0 Å². The fourth-order valence-corrected chi connectivity index (χ4v) is 2.41. The van der Waals surface area contributed by atoms with E-state index in [0.29, 0.717) is 19.0 Å². The number of fused-ring (bicyclic) bond motifs is 1. The lowest BCUT2D eigenvalue weighted by Gasteiger charge is -2.21. The molecule has 1 unspecified atom stereocenters. The summed E-state index contributed by atoms with van der Waals surface area (Å²) in [6.45, 7) is 4.87. The normalized spacial score (nSPS) is 28.6. The van der Waals surface area contributed by atoms with Crippen LogP contribution < -0.4 is 4.74 Å². The summed E-state index contributed by atoms with van der Waals surface area (Å²) >= 11 is 0. The molecular formula is C15H17FO3. The first-order valence-electron chi connectivity index (χ1n) is 6.46. The summed E-state index contributed by atoms with van der Waals surface area (Å²) in [6, 6.07) is 4.54. The molecular weight excluding hydrogens is 247 g/mol. The van der Waals surface area contributed by atoms with Crippen LogP contribution in [0.3, 0.4) is 0 Å². The summed E-state index contributed by atoms with van der Waals surface area (Å²) in [5.74, 6) is 0.0200. The monoisotopic (exact) mass is 264 g/mol. The standard InChI is InChI=1S/C15H17FO3/c1-15(2)18-9-14(19-15)11-4-3-10-7-12(16)5-6-13(10)17-8-11/h3-7,11,14H,8-9H2,1-2H3/t11?,14-/m0/s1. The van der Waals surface area contributed by atoms with Gasteiger partial charge < -0.3 is 14.2 Å². The van der Waals surface area contributed by atoms with Gasteiger partial charge in [-0.05, 0) is 32.0 Å². The molecule has 4 heteroatoms. The number of ether oxygens (including phenoxy) is 3. The maximum atomic E-state index is 13.2. The Morgan fingerprint density at radius 3 is 2.84 bits per heavy atom. The van der Waals surface area contributed by atoms with Crippen LogP contribution in [0.4, 0.5) is 4.39 Å². The highest BCUT2D eigenvalue weighted by molar-refractivity contribution is 5.58. The van der Waals surface area contributed by atoms with Crippen molar-refractivity contribution in [1.82, 2.24) is 0 Å². The van der Waals surface area contributed by atoms with E-state index in [9.17, 15) is 4.39 Å². The van der Waals surface area contributed by atoms with Crippen molar-refractivity contribution < 1.29 is 18.6 Å². The minimum Gasteiger partial charge on any atom is -0.492 e. The maximum Gasteiger partial charge on any atom is 0.163 e. The predicted octanol–water partition coefficient (Wildman–Crippen LogP) is 3.00. The van der Waals surface area contributed by atoms with E-state index in [2.05, 4.69) is 0 Å². The Hall–Kier alpha value is -1.39. The van der Waals surface area contributed by atoms with Gasteiger partial charge >= 0.3 is 0 Å². The second-order valence-electron chi connectivity index (χ2n) is 5.38. The molecule has 0 aromatic heterocycles. The van der Waals surface area contributed by atoms with Crippen LogP contribution in [0.5, 0.6) is 5.75 Å².